The molecule has 0 saturated carbocycles. The van der Waals surface area contributed by atoms with Gasteiger partial charge in [0.15, 0.2) is 11.5 Å². The molecular formula is C26H37N3O4. The van der Waals surface area contributed by atoms with E-state index in [0.717, 1.165) is 60.4 Å². The van der Waals surface area contributed by atoms with Crippen LogP contribution in [0.3, 0.4) is 0 Å². The molecule has 1 aromatic heterocycles. The van der Waals surface area contributed by atoms with Crippen LogP contribution in [0.1, 0.15) is 37.4 Å². The van der Waals surface area contributed by atoms with Gasteiger partial charge in [0.05, 0.1) is 45.2 Å². The molecule has 2 atom stereocenters. The van der Waals surface area contributed by atoms with Gasteiger partial charge in [-0.1, -0.05) is 6.92 Å². The molecule has 0 amide bonds. The van der Waals surface area contributed by atoms with Gasteiger partial charge in [-0.05, 0) is 62.7 Å². The minimum Gasteiger partial charge on any atom is -0.493 e. The van der Waals surface area contributed by atoms with Crippen LogP contribution in [0.25, 0.3) is 10.9 Å². The summed E-state index contributed by atoms with van der Waals surface area (Å²) in [5, 5.41) is 4.77. The molecule has 2 fully saturated rings. The monoisotopic (exact) mass is 455 g/mol. The maximum atomic E-state index is 6.18. The average molecular weight is 456 g/mol. The van der Waals surface area contributed by atoms with Crippen molar-refractivity contribution in [3.8, 4) is 11.5 Å². The van der Waals surface area contributed by atoms with Gasteiger partial charge in [-0.25, -0.2) is 0 Å². The fraction of sp³-hybridized carbons (Fsp3) is 0.654. The zero-order valence-electron chi connectivity index (χ0n) is 20.0. The molecule has 1 aromatic carbocycles. The first kappa shape index (κ1) is 22.7. The van der Waals surface area contributed by atoms with E-state index in [2.05, 4.69) is 29.3 Å². The van der Waals surface area contributed by atoms with Crippen LogP contribution in [-0.2, 0) is 22.3 Å². The lowest BCUT2D eigenvalue weighted by molar-refractivity contribution is -0.0818. The molecule has 7 nitrogen and oxygen atoms in total. The van der Waals surface area contributed by atoms with Crippen LogP contribution in [-0.4, -0.2) is 75.7 Å². The van der Waals surface area contributed by atoms with E-state index in [4.69, 9.17) is 23.9 Å². The number of ether oxygens (including phenoxy) is 4. The van der Waals surface area contributed by atoms with Gasteiger partial charge < -0.3 is 29.2 Å². The highest BCUT2D eigenvalue weighted by atomic mass is 16.6. The predicted molar refractivity (Wildman–Crippen MR) is 130 cm³/mol. The summed E-state index contributed by atoms with van der Waals surface area (Å²) in [5.74, 6) is 2.14. The maximum absolute atomic E-state index is 6.18. The number of methoxy groups -OCH3 is 1. The molecule has 7 heteroatoms. The van der Waals surface area contributed by atoms with E-state index in [9.17, 15) is 0 Å². The van der Waals surface area contributed by atoms with Crippen molar-refractivity contribution in [2.75, 3.05) is 65.0 Å². The Hall–Kier alpha value is -2.09. The van der Waals surface area contributed by atoms with Crippen molar-refractivity contribution in [1.82, 2.24) is 9.88 Å². The van der Waals surface area contributed by atoms with Gasteiger partial charge in [0.1, 0.15) is 0 Å². The number of anilines is 1. The molecular weight excluding hydrogens is 418 g/mol. The lowest BCUT2D eigenvalue weighted by Gasteiger charge is -2.25. The average Bonchev–Trinajstić information content (AvgIpc) is 3.48. The van der Waals surface area contributed by atoms with Gasteiger partial charge in [0.2, 0.25) is 0 Å². The zero-order valence-corrected chi connectivity index (χ0v) is 20.0. The molecule has 1 unspecified atom stereocenters. The first-order valence-electron chi connectivity index (χ1n) is 12.5. The number of rotatable bonds is 9. The maximum Gasteiger partial charge on any atom is 0.163 e. The van der Waals surface area contributed by atoms with E-state index >= 15 is 0 Å². The van der Waals surface area contributed by atoms with Crippen molar-refractivity contribution < 1.29 is 18.9 Å². The Morgan fingerprint density at radius 1 is 1.15 bits per heavy atom. The van der Waals surface area contributed by atoms with Crippen molar-refractivity contribution in [1.29, 1.82) is 0 Å². The highest BCUT2D eigenvalue weighted by Gasteiger charge is 2.26. The SMILES string of the molecule is COc1cc2c(NC[C@H]3COCCO3)c3c(nc2cc1OCCCN1CCCC1)CC(C)C3. The second-order valence-corrected chi connectivity index (χ2v) is 9.65. The molecule has 2 aliphatic heterocycles. The van der Waals surface area contributed by atoms with E-state index in [1.165, 1.54) is 37.2 Å². The van der Waals surface area contributed by atoms with Gasteiger partial charge >= 0.3 is 0 Å². The van der Waals surface area contributed by atoms with Crippen molar-refractivity contribution >= 4 is 16.6 Å². The number of hydrogen-bond acceptors (Lipinski definition) is 7. The molecule has 33 heavy (non-hydrogen) atoms. The largest absolute Gasteiger partial charge is 0.493 e. The molecule has 0 spiro atoms. The number of likely N-dealkylation sites (tertiary alicyclic amines) is 1. The zero-order chi connectivity index (χ0) is 22.6. The van der Waals surface area contributed by atoms with Gasteiger partial charge in [0, 0.05) is 35.9 Å². The van der Waals surface area contributed by atoms with Crippen molar-refractivity contribution in [2.24, 2.45) is 5.92 Å². The third-order valence-corrected chi connectivity index (χ3v) is 7.02. The lowest BCUT2D eigenvalue weighted by atomic mass is 10.0. The Kier molecular flexibility index (Phi) is 7.19. The van der Waals surface area contributed by atoms with Crippen LogP contribution < -0.4 is 14.8 Å². The topological polar surface area (TPSA) is 65.1 Å². The molecule has 3 heterocycles. The first-order valence-corrected chi connectivity index (χ1v) is 12.5. The van der Waals surface area contributed by atoms with Crippen LogP contribution in [0.5, 0.6) is 11.5 Å². The third-order valence-electron chi connectivity index (χ3n) is 7.02. The van der Waals surface area contributed by atoms with E-state index in [1.54, 1.807) is 7.11 Å². The summed E-state index contributed by atoms with van der Waals surface area (Å²) >= 11 is 0. The number of fused-ring (bicyclic) bond motifs is 2. The molecule has 2 aromatic rings. The van der Waals surface area contributed by atoms with Crippen LogP contribution >= 0.6 is 0 Å². The van der Waals surface area contributed by atoms with Crippen LogP contribution in [0, 0.1) is 5.92 Å². The fourth-order valence-electron chi connectivity index (χ4n) is 5.32. The number of hydrogen-bond donors (Lipinski definition) is 1. The second kappa shape index (κ2) is 10.5. The molecule has 5 rings (SSSR count). The summed E-state index contributed by atoms with van der Waals surface area (Å²) in [5.41, 5.74) is 4.64. The first-order chi connectivity index (χ1) is 16.2. The minimum absolute atomic E-state index is 0.0663. The number of benzene rings is 1. The summed E-state index contributed by atoms with van der Waals surface area (Å²) in [7, 11) is 1.71. The smallest absolute Gasteiger partial charge is 0.163 e. The summed E-state index contributed by atoms with van der Waals surface area (Å²) in [6.45, 7) is 9.21. The van der Waals surface area contributed by atoms with Crippen molar-refractivity contribution in [3.63, 3.8) is 0 Å². The highest BCUT2D eigenvalue weighted by molar-refractivity contribution is 5.96. The summed E-state index contributed by atoms with van der Waals surface area (Å²) in [4.78, 5) is 7.57. The van der Waals surface area contributed by atoms with Crippen molar-refractivity contribution in [3.05, 3.63) is 23.4 Å². The van der Waals surface area contributed by atoms with Gasteiger partial charge in [-0.2, -0.15) is 0 Å². The van der Waals surface area contributed by atoms with E-state index < -0.39 is 0 Å². The van der Waals surface area contributed by atoms with E-state index in [0.29, 0.717) is 32.3 Å². The molecule has 3 aliphatic rings. The summed E-state index contributed by atoms with van der Waals surface area (Å²) in [6, 6.07) is 4.14. The Morgan fingerprint density at radius 3 is 2.82 bits per heavy atom. The Bertz CT molecular complexity index is 954. The second-order valence-electron chi connectivity index (χ2n) is 9.65. The molecule has 180 valence electrons. The fourth-order valence-corrected chi connectivity index (χ4v) is 5.32. The van der Waals surface area contributed by atoms with E-state index in [-0.39, 0.29) is 6.10 Å². The Morgan fingerprint density at radius 2 is 2.03 bits per heavy atom. The minimum atomic E-state index is 0.0663. The van der Waals surface area contributed by atoms with E-state index in [1.807, 2.05) is 0 Å². The normalized spacial score (nSPS) is 23.1. The van der Waals surface area contributed by atoms with Gasteiger partial charge in [-0.15, -0.1) is 0 Å². The van der Waals surface area contributed by atoms with Crippen LogP contribution in [0.15, 0.2) is 12.1 Å². The Labute approximate surface area is 196 Å². The number of pyridine rings is 1. The van der Waals surface area contributed by atoms with Crippen LogP contribution in [0.4, 0.5) is 5.69 Å². The standard InChI is InChI=1S/C26H37N3O4/c1-18-12-20-22(13-18)28-23-15-25(33-9-5-8-29-6-3-4-7-29)24(30-2)14-21(23)26(20)27-16-19-17-31-10-11-32-19/h14-15,18-19H,3-13,16-17H2,1-2H3,(H,27,28)/t18?,19-/m0/s1. The van der Waals surface area contributed by atoms with Crippen molar-refractivity contribution in [2.45, 2.75) is 45.1 Å². The molecule has 0 bridgehead atoms. The van der Waals surface area contributed by atoms with Gasteiger partial charge in [-0.3, -0.25) is 4.98 Å². The predicted octanol–water partition coefficient (Wildman–Crippen LogP) is 3.67. The quantitative estimate of drug-likeness (QED) is 0.579. The highest BCUT2D eigenvalue weighted by Crippen LogP contribution is 2.40. The summed E-state index contributed by atoms with van der Waals surface area (Å²) < 4.78 is 23.4. The number of aromatic nitrogens is 1. The number of nitrogens with one attached hydrogen (secondary N) is 1. The lowest BCUT2D eigenvalue weighted by Crippen LogP contribution is -2.34. The van der Waals surface area contributed by atoms with Crippen LogP contribution in [0.2, 0.25) is 0 Å². The van der Waals surface area contributed by atoms with Gasteiger partial charge in [0.25, 0.3) is 0 Å². The Balaban J connectivity index is 1.37. The molecule has 2 saturated heterocycles. The third kappa shape index (κ3) is 5.20. The molecule has 1 aliphatic carbocycles. The molecule has 1 N–H and O–H groups in total. The number of nitrogens with zero attached hydrogens (tertiary/aromatic N) is 2. The molecule has 0 radical (unpaired) electrons. The summed E-state index contributed by atoms with van der Waals surface area (Å²) in [6.07, 6.45) is 5.79.